The number of alkyl halides is 3. The van der Waals surface area contributed by atoms with Gasteiger partial charge in [0.15, 0.2) is 0 Å². The van der Waals surface area contributed by atoms with Crippen LogP contribution in [0, 0.1) is 0 Å². The van der Waals surface area contributed by atoms with Gasteiger partial charge in [0.2, 0.25) is 0 Å². The Hall–Kier alpha value is -2.70. The molecule has 2 rings (SSSR count). The fraction of sp³-hybridized carbons (Fsp3) is 0.381. The summed E-state index contributed by atoms with van der Waals surface area (Å²) in [6.45, 7) is 5.37. The zero-order valence-corrected chi connectivity index (χ0v) is 16.1. The molecule has 1 amide bonds. The summed E-state index contributed by atoms with van der Waals surface area (Å²) in [6, 6.07) is 12.5. The Morgan fingerprint density at radius 1 is 1.04 bits per heavy atom. The van der Waals surface area contributed by atoms with Crippen LogP contribution in [0.5, 0.6) is 0 Å². The molecule has 1 N–H and O–H groups in total. The van der Waals surface area contributed by atoms with E-state index >= 15 is 0 Å². The van der Waals surface area contributed by atoms with Crippen molar-refractivity contribution in [3.63, 3.8) is 0 Å². The molecule has 0 fully saturated rings. The maximum Gasteiger partial charge on any atom is 0.416 e. The smallest absolute Gasteiger partial charge is 0.416 e. The Balaban J connectivity index is 2.23. The Labute approximate surface area is 163 Å². The van der Waals surface area contributed by atoms with E-state index in [0.29, 0.717) is 18.8 Å². The molecule has 0 heterocycles. The van der Waals surface area contributed by atoms with Crippen molar-refractivity contribution in [1.82, 2.24) is 0 Å². The molecule has 0 atom stereocenters. The van der Waals surface area contributed by atoms with Crippen molar-refractivity contribution in [3.05, 3.63) is 59.7 Å². The summed E-state index contributed by atoms with van der Waals surface area (Å²) < 4.78 is 44.6. The highest BCUT2D eigenvalue weighted by atomic mass is 19.4. The minimum atomic E-state index is -4.50. The van der Waals surface area contributed by atoms with Crippen LogP contribution in [-0.2, 0) is 17.5 Å². The molecule has 4 nitrogen and oxygen atoms in total. The molecule has 0 saturated carbocycles. The lowest BCUT2D eigenvalue weighted by Gasteiger charge is -2.27. The van der Waals surface area contributed by atoms with Gasteiger partial charge in [-0.25, -0.2) is 4.79 Å². The summed E-state index contributed by atoms with van der Waals surface area (Å²) in [5.74, 6) is 0. The first-order valence-electron chi connectivity index (χ1n) is 9.29. The first kappa shape index (κ1) is 21.6. The van der Waals surface area contributed by atoms with Crippen molar-refractivity contribution in [2.45, 2.75) is 39.5 Å². The number of nitrogens with zero attached hydrogens (tertiary/aromatic N) is 1. The van der Waals surface area contributed by atoms with E-state index in [9.17, 15) is 18.0 Å². The topological polar surface area (TPSA) is 41.6 Å². The van der Waals surface area contributed by atoms with E-state index in [1.54, 1.807) is 12.1 Å². The van der Waals surface area contributed by atoms with Gasteiger partial charge in [-0.2, -0.15) is 13.2 Å². The Morgan fingerprint density at radius 3 is 2.25 bits per heavy atom. The molecule has 0 radical (unpaired) electrons. The number of nitrogens with one attached hydrogen (secondary N) is 1. The van der Waals surface area contributed by atoms with Crippen LogP contribution in [0.3, 0.4) is 0 Å². The Kier molecular flexibility index (Phi) is 7.72. The number of carbonyl (C=O) groups is 1. The van der Waals surface area contributed by atoms with Crippen LogP contribution in [0.1, 0.15) is 37.8 Å². The second kappa shape index (κ2) is 10.0. The molecule has 0 aliphatic carbocycles. The van der Waals surface area contributed by atoms with Crippen molar-refractivity contribution < 1.29 is 22.7 Å². The number of benzene rings is 2. The van der Waals surface area contributed by atoms with Crippen molar-refractivity contribution in [1.29, 1.82) is 0 Å². The van der Waals surface area contributed by atoms with Crippen molar-refractivity contribution in [3.8, 4) is 0 Å². The number of halogens is 3. The molecule has 7 heteroatoms. The van der Waals surface area contributed by atoms with E-state index in [1.807, 2.05) is 36.9 Å². The molecule has 0 aromatic heterocycles. The normalized spacial score (nSPS) is 11.2. The highest BCUT2D eigenvalue weighted by molar-refractivity contribution is 5.90. The lowest BCUT2D eigenvalue weighted by Crippen LogP contribution is -2.27. The fourth-order valence-electron chi connectivity index (χ4n) is 2.85. The Morgan fingerprint density at radius 2 is 1.68 bits per heavy atom. The number of ether oxygens (including phenoxy) is 1. The van der Waals surface area contributed by atoms with Gasteiger partial charge in [0.05, 0.1) is 16.9 Å². The molecule has 0 aliphatic heterocycles. The van der Waals surface area contributed by atoms with Crippen LogP contribution in [0.15, 0.2) is 48.5 Å². The van der Waals surface area contributed by atoms with E-state index in [-0.39, 0.29) is 12.3 Å². The summed E-state index contributed by atoms with van der Waals surface area (Å²) >= 11 is 0. The minimum Gasteiger partial charge on any atom is -0.444 e. The van der Waals surface area contributed by atoms with E-state index < -0.39 is 17.8 Å². The minimum absolute atomic E-state index is 0.0363. The molecule has 2 aromatic rings. The molecule has 0 saturated heterocycles. The number of rotatable bonds is 8. The van der Waals surface area contributed by atoms with Gasteiger partial charge in [0.1, 0.15) is 6.61 Å². The van der Waals surface area contributed by atoms with Crippen LogP contribution >= 0.6 is 0 Å². The molecule has 0 spiro atoms. The standard InChI is InChI=1S/C21H25F3N2O2/c1-3-12-26(13-4-2)19-11-10-17(21(22,23)24)14-18(19)25-20(27)28-15-16-8-6-5-7-9-16/h5-11,14H,3-4,12-13,15H2,1-2H3,(H,25,27). The van der Waals surface area contributed by atoms with Crippen LogP contribution in [-0.4, -0.2) is 19.2 Å². The zero-order valence-electron chi connectivity index (χ0n) is 16.1. The summed E-state index contributed by atoms with van der Waals surface area (Å²) in [6.07, 6.45) is -3.63. The number of anilines is 2. The van der Waals surface area contributed by atoms with Gasteiger partial charge in [-0.05, 0) is 36.6 Å². The number of carbonyl (C=O) groups excluding carboxylic acids is 1. The molecular formula is C21H25F3N2O2. The lowest BCUT2D eigenvalue weighted by molar-refractivity contribution is -0.137. The molecule has 0 aliphatic rings. The van der Waals surface area contributed by atoms with Crippen molar-refractivity contribution >= 4 is 17.5 Å². The Bertz CT molecular complexity index is 758. The van der Waals surface area contributed by atoms with Crippen molar-refractivity contribution in [2.75, 3.05) is 23.3 Å². The molecular weight excluding hydrogens is 369 g/mol. The highest BCUT2D eigenvalue weighted by Crippen LogP contribution is 2.35. The van der Waals surface area contributed by atoms with Gasteiger partial charge in [-0.15, -0.1) is 0 Å². The maximum absolute atomic E-state index is 13.1. The van der Waals surface area contributed by atoms with Gasteiger partial charge in [-0.3, -0.25) is 5.32 Å². The number of hydrogen-bond donors (Lipinski definition) is 1. The predicted molar refractivity (Wildman–Crippen MR) is 104 cm³/mol. The van der Waals surface area contributed by atoms with Crippen LogP contribution in [0.25, 0.3) is 0 Å². The number of hydrogen-bond acceptors (Lipinski definition) is 3. The second-order valence-electron chi connectivity index (χ2n) is 6.40. The third kappa shape index (κ3) is 6.18. The number of amides is 1. The monoisotopic (exact) mass is 394 g/mol. The maximum atomic E-state index is 13.1. The van der Waals surface area contributed by atoms with E-state index in [2.05, 4.69) is 5.32 Å². The van der Waals surface area contributed by atoms with E-state index in [4.69, 9.17) is 4.74 Å². The average Bonchev–Trinajstić information content (AvgIpc) is 2.66. The van der Waals surface area contributed by atoms with Gasteiger partial charge in [-0.1, -0.05) is 44.2 Å². The van der Waals surface area contributed by atoms with Crippen LogP contribution in [0.2, 0.25) is 0 Å². The quantitative estimate of drug-likeness (QED) is 0.590. The first-order valence-corrected chi connectivity index (χ1v) is 9.29. The summed E-state index contributed by atoms with van der Waals surface area (Å²) in [5, 5.41) is 2.49. The first-order chi connectivity index (χ1) is 13.3. The summed E-state index contributed by atoms with van der Waals surface area (Å²) in [5.41, 5.74) is 0.617. The third-order valence-corrected chi connectivity index (χ3v) is 4.10. The molecule has 0 bridgehead atoms. The zero-order chi connectivity index (χ0) is 20.6. The largest absolute Gasteiger partial charge is 0.444 e. The van der Waals surface area contributed by atoms with Crippen molar-refractivity contribution in [2.24, 2.45) is 0 Å². The van der Waals surface area contributed by atoms with Gasteiger partial charge >= 0.3 is 12.3 Å². The van der Waals surface area contributed by atoms with E-state index in [1.165, 1.54) is 6.07 Å². The molecule has 152 valence electrons. The van der Waals surface area contributed by atoms with Crippen LogP contribution < -0.4 is 10.2 Å². The molecule has 0 unspecified atom stereocenters. The predicted octanol–water partition coefficient (Wildman–Crippen LogP) is 6.08. The SMILES string of the molecule is CCCN(CCC)c1ccc(C(F)(F)F)cc1NC(=O)OCc1ccccc1. The average molecular weight is 394 g/mol. The molecule has 28 heavy (non-hydrogen) atoms. The lowest BCUT2D eigenvalue weighted by atomic mass is 10.1. The van der Waals surface area contributed by atoms with E-state index in [0.717, 1.165) is 30.5 Å². The highest BCUT2D eigenvalue weighted by Gasteiger charge is 2.31. The third-order valence-electron chi connectivity index (χ3n) is 4.10. The fourth-order valence-corrected chi connectivity index (χ4v) is 2.85. The van der Waals surface area contributed by atoms with Gasteiger partial charge in [0, 0.05) is 13.1 Å². The van der Waals surface area contributed by atoms with Gasteiger partial charge < -0.3 is 9.64 Å². The summed E-state index contributed by atoms with van der Waals surface area (Å²) in [4.78, 5) is 14.2. The van der Waals surface area contributed by atoms with Crippen LogP contribution in [0.4, 0.5) is 29.3 Å². The summed E-state index contributed by atoms with van der Waals surface area (Å²) in [7, 11) is 0. The molecule has 2 aromatic carbocycles. The second-order valence-corrected chi connectivity index (χ2v) is 6.40. The van der Waals surface area contributed by atoms with Gasteiger partial charge in [0.25, 0.3) is 0 Å².